The van der Waals surface area contributed by atoms with Gasteiger partial charge in [-0.05, 0) is 19.3 Å². The minimum atomic E-state index is -2.29. The zero-order valence-electron chi connectivity index (χ0n) is 9.50. The molecule has 84 valence electrons. The van der Waals surface area contributed by atoms with E-state index in [1.54, 1.807) is 7.11 Å². The van der Waals surface area contributed by atoms with Gasteiger partial charge in [-0.3, -0.25) is 4.57 Å². The summed E-state index contributed by atoms with van der Waals surface area (Å²) in [6.07, 6.45) is 8.98. The summed E-state index contributed by atoms with van der Waals surface area (Å²) in [5, 5.41) is 0. The monoisotopic (exact) mass is 218 g/mol. The first-order valence-electron chi connectivity index (χ1n) is 5.87. The molecule has 1 rings (SSSR count). The fraction of sp³-hybridized carbons (Fsp3) is 1.00. The van der Waals surface area contributed by atoms with E-state index in [2.05, 4.69) is 6.92 Å². The molecule has 0 heterocycles. The summed E-state index contributed by atoms with van der Waals surface area (Å²) in [5.41, 5.74) is 0.368. The van der Waals surface area contributed by atoms with Crippen LogP contribution in [0.5, 0.6) is 0 Å². The van der Waals surface area contributed by atoms with E-state index in [-0.39, 0.29) is 0 Å². The molecule has 2 nitrogen and oxygen atoms in total. The van der Waals surface area contributed by atoms with Crippen molar-refractivity contribution in [1.29, 1.82) is 0 Å². The van der Waals surface area contributed by atoms with E-state index in [4.69, 9.17) is 4.52 Å². The first-order chi connectivity index (χ1) is 6.73. The Bertz CT molecular complexity index is 197. The predicted molar refractivity (Wildman–Crippen MR) is 61.3 cm³/mol. The van der Waals surface area contributed by atoms with Gasteiger partial charge in [0.25, 0.3) is 0 Å². The quantitative estimate of drug-likeness (QED) is 0.651. The van der Waals surface area contributed by atoms with Crippen LogP contribution in [0.25, 0.3) is 0 Å². The van der Waals surface area contributed by atoms with Crippen molar-refractivity contribution in [3.63, 3.8) is 0 Å². The standard InChI is InChI=1S/C11H23O2P/c1-3-4-10-14(12,13-2)11-8-6-5-7-9-11/h11H,3-10H2,1-2H3. The van der Waals surface area contributed by atoms with Gasteiger partial charge in [0, 0.05) is 18.9 Å². The Balaban J connectivity index is 2.52. The average Bonchev–Trinajstić information content (AvgIpc) is 2.27. The van der Waals surface area contributed by atoms with Crippen LogP contribution in [0, 0.1) is 0 Å². The second kappa shape index (κ2) is 5.92. The lowest BCUT2D eigenvalue weighted by Gasteiger charge is -2.29. The van der Waals surface area contributed by atoms with Crippen LogP contribution in [0.4, 0.5) is 0 Å². The highest BCUT2D eigenvalue weighted by Crippen LogP contribution is 2.56. The highest BCUT2D eigenvalue weighted by Gasteiger charge is 2.33. The number of hydrogen-bond donors (Lipinski definition) is 0. The molecule has 0 aromatic heterocycles. The summed E-state index contributed by atoms with van der Waals surface area (Å²) in [6, 6.07) is 0. The zero-order valence-corrected chi connectivity index (χ0v) is 10.4. The second-order valence-electron chi connectivity index (χ2n) is 4.28. The Kier molecular flexibility index (Phi) is 5.19. The van der Waals surface area contributed by atoms with Crippen molar-refractivity contribution in [2.24, 2.45) is 0 Å². The number of rotatable bonds is 5. The molecule has 1 aliphatic carbocycles. The molecule has 14 heavy (non-hydrogen) atoms. The molecule has 1 unspecified atom stereocenters. The van der Waals surface area contributed by atoms with Crippen LogP contribution in [0.2, 0.25) is 0 Å². The molecule has 1 aliphatic rings. The van der Waals surface area contributed by atoms with Gasteiger partial charge in [-0.1, -0.05) is 32.6 Å². The molecule has 0 bridgehead atoms. The van der Waals surface area contributed by atoms with Crippen LogP contribution in [0.15, 0.2) is 0 Å². The maximum Gasteiger partial charge on any atom is 0.205 e. The number of hydrogen-bond acceptors (Lipinski definition) is 2. The molecule has 0 aromatic carbocycles. The lowest BCUT2D eigenvalue weighted by Crippen LogP contribution is -2.16. The molecule has 1 atom stereocenters. The van der Waals surface area contributed by atoms with Gasteiger partial charge in [-0.2, -0.15) is 0 Å². The van der Waals surface area contributed by atoms with Gasteiger partial charge < -0.3 is 4.52 Å². The molecular weight excluding hydrogens is 195 g/mol. The van der Waals surface area contributed by atoms with Gasteiger partial charge in [0.15, 0.2) is 0 Å². The van der Waals surface area contributed by atoms with Gasteiger partial charge in [-0.25, -0.2) is 0 Å². The van der Waals surface area contributed by atoms with E-state index in [0.717, 1.165) is 31.8 Å². The van der Waals surface area contributed by atoms with Gasteiger partial charge in [0.2, 0.25) is 7.37 Å². The summed E-state index contributed by atoms with van der Waals surface area (Å²) >= 11 is 0. The summed E-state index contributed by atoms with van der Waals surface area (Å²) in [5.74, 6) is 0. The molecule has 0 radical (unpaired) electrons. The van der Waals surface area contributed by atoms with E-state index >= 15 is 0 Å². The summed E-state index contributed by atoms with van der Waals surface area (Å²) in [7, 11) is -0.662. The molecule has 0 N–H and O–H groups in total. The molecule has 1 saturated carbocycles. The summed E-state index contributed by atoms with van der Waals surface area (Å²) in [4.78, 5) is 0. The number of unbranched alkanes of at least 4 members (excludes halogenated alkanes) is 1. The Morgan fingerprint density at radius 3 is 2.43 bits per heavy atom. The van der Waals surface area contributed by atoms with Crippen molar-refractivity contribution in [1.82, 2.24) is 0 Å². The molecule has 0 aliphatic heterocycles. The van der Waals surface area contributed by atoms with Crippen LogP contribution in [-0.2, 0) is 9.09 Å². The van der Waals surface area contributed by atoms with Crippen LogP contribution >= 0.6 is 7.37 Å². The SMILES string of the molecule is CCCCP(=O)(OC)C1CCCCC1. The van der Waals surface area contributed by atoms with E-state index in [0.29, 0.717) is 5.66 Å². The Morgan fingerprint density at radius 2 is 1.93 bits per heavy atom. The van der Waals surface area contributed by atoms with Crippen molar-refractivity contribution in [2.75, 3.05) is 13.3 Å². The molecule has 0 saturated heterocycles. The normalized spacial score (nSPS) is 23.3. The maximum atomic E-state index is 12.5. The van der Waals surface area contributed by atoms with Crippen molar-refractivity contribution < 1.29 is 9.09 Å². The third-order valence-corrected chi connectivity index (χ3v) is 6.45. The molecule has 0 amide bonds. The Labute approximate surface area is 87.9 Å². The van der Waals surface area contributed by atoms with Gasteiger partial charge in [0.05, 0.1) is 0 Å². The molecular formula is C11H23O2P. The average molecular weight is 218 g/mol. The largest absolute Gasteiger partial charge is 0.332 e. The molecule has 3 heteroatoms. The third-order valence-electron chi connectivity index (χ3n) is 3.26. The van der Waals surface area contributed by atoms with Crippen molar-refractivity contribution in [3.8, 4) is 0 Å². The lowest BCUT2D eigenvalue weighted by atomic mass is 10.0. The highest BCUT2D eigenvalue weighted by atomic mass is 31.2. The molecule has 1 fully saturated rings. The van der Waals surface area contributed by atoms with E-state index in [1.807, 2.05) is 0 Å². The first kappa shape index (κ1) is 12.3. The maximum absolute atomic E-state index is 12.5. The van der Waals surface area contributed by atoms with Crippen molar-refractivity contribution in [3.05, 3.63) is 0 Å². The lowest BCUT2D eigenvalue weighted by molar-refractivity contribution is 0.362. The first-order valence-corrected chi connectivity index (χ1v) is 7.75. The molecule has 0 aromatic rings. The second-order valence-corrected chi connectivity index (χ2v) is 7.27. The molecule has 0 spiro atoms. The fourth-order valence-electron chi connectivity index (χ4n) is 2.28. The predicted octanol–water partition coefficient (Wildman–Crippen LogP) is 4.04. The Morgan fingerprint density at radius 1 is 1.29 bits per heavy atom. The van der Waals surface area contributed by atoms with Crippen LogP contribution in [-0.4, -0.2) is 18.9 Å². The van der Waals surface area contributed by atoms with Gasteiger partial charge in [-0.15, -0.1) is 0 Å². The minimum absolute atomic E-state index is 0.368. The van der Waals surface area contributed by atoms with E-state index in [1.165, 1.54) is 19.3 Å². The summed E-state index contributed by atoms with van der Waals surface area (Å²) in [6.45, 7) is 2.14. The van der Waals surface area contributed by atoms with Gasteiger partial charge >= 0.3 is 0 Å². The zero-order chi connectivity index (χ0) is 10.4. The third kappa shape index (κ3) is 3.10. The fourth-order valence-corrected chi connectivity index (χ4v) is 5.03. The van der Waals surface area contributed by atoms with Crippen molar-refractivity contribution in [2.45, 2.75) is 57.5 Å². The topological polar surface area (TPSA) is 26.3 Å². The van der Waals surface area contributed by atoms with Gasteiger partial charge in [0.1, 0.15) is 0 Å². The van der Waals surface area contributed by atoms with Crippen LogP contribution in [0.3, 0.4) is 0 Å². The van der Waals surface area contributed by atoms with E-state index < -0.39 is 7.37 Å². The summed E-state index contributed by atoms with van der Waals surface area (Å²) < 4.78 is 17.8. The highest BCUT2D eigenvalue weighted by molar-refractivity contribution is 7.59. The van der Waals surface area contributed by atoms with E-state index in [9.17, 15) is 4.57 Å². The van der Waals surface area contributed by atoms with Crippen LogP contribution in [0.1, 0.15) is 51.9 Å². The smallest absolute Gasteiger partial charge is 0.205 e. The van der Waals surface area contributed by atoms with Crippen molar-refractivity contribution >= 4 is 7.37 Å². The van der Waals surface area contributed by atoms with Crippen LogP contribution < -0.4 is 0 Å². The Hall–Kier alpha value is 0.190. The minimum Gasteiger partial charge on any atom is -0.332 e.